The molecule has 0 aliphatic carbocycles. The Morgan fingerprint density at radius 3 is 2.15 bits per heavy atom. The van der Waals surface area contributed by atoms with Crippen molar-refractivity contribution < 1.29 is 17.7 Å². The van der Waals surface area contributed by atoms with Gasteiger partial charge < -0.3 is 4.74 Å². The molecule has 0 spiro atoms. The van der Waals surface area contributed by atoms with Crippen molar-refractivity contribution in [3.8, 4) is 5.75 Å². The summed E-state index contributed by atoms with van der Waals surface area (Å²) in [6, 6.07) is 13.3. The van der Waals surface area contributed by atoms with Crippen molar-refractivity contribution in [1.29, 1.82) is 0 Å². The molecule has 2 aromatic carbocycles. The van der Waals surface area contributed by atoms with Crippen LogP contribution in [0.1, 0.15) is 11.1 Å². The summed E-state index contributed by atoms with van der Waals surface area (Å²) in [4.78, 5) is -0.153. The van der Waals surface area contributed by atoms with Crippen LogP contribution in [0.5, 0.6) is 5.75 Å². The van der Waals surface area contributed by atoms with Crippen LogP contribution in [-0.2, 0) is 16.7 Å². The summed E-state index contributed by atoms with van der Waals surface area (Å²) in [7, 11) is -4.16. The fourth-order valence-electron chi connectivity index (χ4n) is 1.62. The van der Waals surface area contributed by atoms with E-state index in [9.17, 15) is 8.42 Å². The minimum Gasteiger partial charge on any atom is -0.489 e. The molecule has 0 saturated carbocycles. The fraction of sp³-hybridized carbons (Fsp3) is 0.0667. The summed E-state index contributed by atoms with van der Waals surface area (Å²) < 4.78 is 36.2. The molecule has 0 bridgehead atoms. The summed E-state index contributed by atoms with van der Waals surface area (Å²) in [6.07, 6.45) is 1.76. The van der Waals surface area contributed by atoms with E-state index in [0.717, 1.165) is 11.1 Å². The van der Waals surface area contributed by atoms with Crippen molar-refractivity contribution in [2.24, 2.45) is 0 Å². The third kappa shape index (κ3) is 3.69. The molecule has 2 aromatic rings. The van der Waals surface area contributed by atoms with Gasteiger partial charge in [-0.2, -0.15) is 8.42 Å². The van der Waals surface area contributed by atoms with Crippen LogP contribution < -0.4 is 4.74 Å². The standard InChI is InChI=1S/C15H14O4S/c1-2-12-3-5-13(6-4-12)11-19-14-7-9-15(10-8-14)20(16,17)18/h2-10H,1,11H2,(H,16,17,18). The summed E-state index contributed by atoms with van der Waals surface area (Å²) in [6.45, 7) is 4.06. The van der Waals surface area contributed by atoms with Gasteiger partial charge in [-0.15, -0.1) is 0 Å². The second-order valence-electron chi connectivity index (χ2n) is 4.18. The van der Waals surface area contributed by atoms with Crippen LogP contribution >= 0.6 is 0 Å². The molecule has 1 N–H and O–H groups in total. The highest BCUT2D eigenvalue weighted by Crippen LogP contribution is 2.17. The van der Waals surface area contributed by atoms with Gasteiger partial charge in [0.2, 0.25) is 0 Å². The van der Waals surface area contributed by atoms with E-state index in [0.29, 0.717) is 12.4 Å². The quantitative estimate of drug-likeness (QED) is 0.859. The summed E-state index contributed by atoms with van der Waals surface area (Å²) in [5.74, 6) is 0.533. The van der Waals surface area contributed by atoms with Crippen molar-refractivity contribution in [3.05, 3.63) is 66.2 Å². The first kappa shape index (κ1) is 14.3. The van der Waals surface area contributed by atoms with Gasteiger partial charge in [0.1, 0.15) is 12.4 Å². The van der Waals surface area contributed by atoms with E-state index in [4.69, 9.17) is 9.29 Å². The van der Waals surface area contributed by atoms with E-state index >= 15 is 0 Å². The fourth-order valence-corrected chi connectivity index (χ4v) is 2.10. The lowest BCUT2D eigenvalue weighted by Gasteiger charge is -2.07. The summed E-state index contributed by atoms with van der Waals surface area (Å²) >= 11 is 0. The molecule has 2 rings (SSSR count). The Balaban J connectivity index is 2.01. The van der Waals surface area contributed by atoms with Crippen LogP contribution in [0.15, 0.2) is 60.0 Å². The van der Waals surface area contributed by atoms with Gasteiger partial charge in [-0.25, -0.2) is 0 Å². The highest BCUT2D eigenvalue weighted by molar-refractivity contribution is 7.85. The van der Waals surface area contributed by atoms with Gasteiger partial charge in [-0.05, 0) is 35.4 Å². The summed E-state index contributed by atoms with van der Waals surface area (Å²) in [5, 5.41) is 0. The highest BCUT2D eigenvalue weighted by atomic mass is 32.2. The third-order valence-electron chi connectivity index (χ3n) is 2.74. The lowest BCUT2D eigenvalue weighted by molar-refractivity contribution is 0.306. The average molecular weight is 290 g/mol. The smallest absolute Gasteiger partial charge is 0.294 e. The SMILES string of the molecule is C=Cc1ccc(COc2ccc(S(=O)(=O)O)cc2)cc1. The molecule has 0 aliphatic rings. The second kappa shape index (κ2) is 5.90. The largest absolute Gasteiger partial charge is 0.489 e. The van der Waals surface area contributed by atoms with Gasteiger partial charge in [0.25, 0.3) is 10.1 Å². The Morgan fingerprint density at radius 2 is 1.65 bits per heavy atom. The molecule has 104 valence electrons. The minimum absolute atomic E-state index is 0.153. The van der Waals surface area contributed by atoms with Crippen molar-refractivity contribution in [2.45, 2.75) is 11.5 Å². The van der Waals surface area contributed by atoms with Gasteiger partial charge in [0, 0.05) is 0 Å². The number of ether oxygens (including phenoxy) is 1. The highest BCUT2D eigenvalue weighted by Gasteiger charge is 2.08. The average Bonchev–Trinajstić information content (AvgIpc) is 2.45. The Hall–Kier alpha value is -2.11. The first-order chi connectivity index (χ1) is 9.49. The van der Waals surface area contributed by atoms with Crippen LogP contribution in [0.2, 0.25) is 0 Å². The maximum absolute atomic E-state index is 10.9. The normalized spacial score (nSPS) is 11.1. The zero-order chi connectivity index (χ0) is 14.6. The van der Waals surface area contributed by atoms with Gasteiger partial charge in [0.05, 0.1) is 4.90 Å². The molecule has 0 aliphatic heterocycles. The monoisotopic (exact) mass is 290 g/mol. The van der Waals surface area contributed by atoms with Crippen molar-refractivity contribution >= 4 is 16.2 Å². The molecule has 20 heavy (non-hydrogen) atoms. The van der Waals surface area contributed by atoms with E-state index in [2.05, 4.69) is 6.58 Å². The second-order valence-corrected chi connectivity index (χ2v) is 5.60. The molecule has 0 saturated heterocycles. The predicted molar refractivity (Wildman–Crippen MR) is 77.1 cm³/mol. The van der Waals surface area contributed by atoms with E-state index in [1.807, 2.05) is 24.3 Å². The van der Waals surface area contributed by atoms with Gasteiger partial charge in [-0.1, -0.05) is 36.9 Å². The molecule has 0 atom stereocenters. The Morgan fingerprint density at radius 1 is 1.05 bits per heavy atom. The van der Waals surface area contributed by atoms with Crippen LogP contribution in [0.25, 0.3) is 6.08 Å². The number of benzene rings is 2. The van der Waals surface area contributed by atoms with Crippen molar-refractivity contribution in [1.82, 2.24) is 0 Å². The van der Waals surface area contributed by atoms with E-state index in [1.54, 1.807) is 6.08 Å². The zero-order valence-electron chi connectivity index (χ0n) is 10.7. The van der Waals surface area contributed by atoms with Crippen LogP contribution in [0, 0.1) is 0 Å². The molecule has 0 heterocycles. The molecule has 0 fully saturated rings. The van der Waals surface area contributed by atoms with Crippen molar-refractivity contribution in [2.75, 3.05) is 0 Å². The van der Waals surface area contributed by atoms with Gasteiger partial charge in [0.15, 0.2) is 0 Å². The molecule has 5 heteroatoms. The molecular formula is C15H14O4S. The Bertz CT molecular complexity index is 686. The molecule has 0 aromatic heterocycles. The molecule has 0 radical (unpaired) electrons. The van der Waals surface area contributed by atoms with E-state index in [-0.39, 0.29) is 4.90 Å². The molecular weight excluding hydrogens is 276 g/mol. The van der Waals surface area contributed by atoms with Gasteiger partial charge in [-0.3, -0.25) is 4.55 Å². The van der Waals surface area contributed by atoms with E-state index in [1.165, 1.54) is 24.3 Å². The minimum atomic E-state index is -4.16. The first-order valence-corrected chi connectivity index (χ1v) is 7.35. The van der Waals surface area contributed by atoms with E-state index < -0.39 is 10.1 Å². The number of hydrogen-bond donors (Lipinski definition) is 1. The lowest BCUT2D eigenvalue weighted by Crippen LogP contribution is -1.99. The topological polar surface area (TPSA) is 63.6 Å². The van der Waals surface area contributed by atoms with Crippen molar-refractivity contribution in [3.63, 3.8) is 0 Å². The van der Waals surface area contributed by atoms with Gasteiger partial charge >= 0.3 is 0 Å². The predicted octanol–water partition coefficient (Wildman–Crippen LogP) is 3.16. The van der Waals surface area contributed by atoms with Crippen LogP contribution in [0.3, 0.4) is 0 Å². The zero-order valence-corrected chi connectivity index (χ0v) is 11.5. The lowest BCUT2D eigenvalue weighted by atomic mass is 10.1. The third-order valence-corrected chi connectivity index (χ3v) is 3.61. The number of rotatable bonds is 5. The maximum Gasteiger partial charge on any atom is 0.294 e. The van der Waals surface area contributed by atoms with Crippen LogP contribution in [0.4, 0.5) is 0 Å². The Labute approximate surface area is 118 Å². The molecule has 4 nitrogen and oxygen atoms in total. The summed E-state index contributed by atoms with van der Waals surface area (Å²) in [5.41, 5.74) is 2.03. The first-order valence-electron chi connectivity index (χ1n) is 5.91. The molecule has 0 amide bonds. The Kier molecular flexibility index (Phi) is 4.22. The molecule has 0 unspecified atom stereocenters. The maximum atomic E-state index is 10.9. The number of hydrogen-bond acceptors (Lipinski definition) is 3. The van der Waals surface area contributed by atoms with Crippen LogP contribution in [-0.4, -0.2) is 13.0 Å².